The molecule has 0 aromatic carbocycles. The number of rotatable bonds is 4. The molecule has 2 rings (SSSR count). The van der Waals surface area contributed by atoms with Gasteiger partial charge in [0, 0.05) is 25.2 Å². The number of hydrogen-bond acceptors (Lipinski definition) is 4. The van der Waals surface area contributed by atoms with Crippen molar-refractivity contribution in [3.63, 3.8) is 0 Å². The first-order valence-corrected chi connectivity index (χ1v) is 7.83. The highest BCUT2D eigenvalue weighted by Crippen LogP contribution is 2.34. The van der Waals surface area contributed by atoms with Gasteiger partial charge >= 0.3 is 12.0 Å². The van der Waals surface area contributed by atoms with Crippen molar-refractivity contribution < 1.29 is 14.7 Å². The number of carboxylic acids is 1. The monoisotopic (exact) mass is 312 g/mol. The van der Waals surface area contributed by atoms with Crippen molar-refractivity contribution in [3.05, 3.63) is 18.2 Å². The molecule has 0 saturated carbocycles. The van der Waals surface area contributed by atoms with Crippen molar-refractivity contribution in [3.8, 4) is 0 Å². The molecular formula is C13H20N4O3S. The Morgan fingerprint density at radius 1 is 1.57 bits per heavy atom. The van der Waals surface area contributed by atoms with Gasteiger partial charge in [-0.3, -0.25) is 4.90 Å². The fourth-order valence-corrected chi connectivity index (χ4v) is 3.77. The van der Waals surface area contributed by atoms with Crippen molar-refractivity contribution >= 4 is 23.8 Å². The predicted molar refractivity (Wildman–Crippen MR) is 79.8 cm³/mol. The summed E-state index contributed by atoms with van der Waals surface area (Å²) in [4.78, 5) is 29.3. The minimum absolute atomic E-state index is 0.118. The van der Waals surface area contributed by atoms with Crippen LogP contribution >= 0.6 is 11.8 Å². The van der Waals surface area contributed by atoms with E-state index >= 15 is 0 Å². The van der Waals surface area contributed by atoms with Gasteiger partial charge in [0.1, 0.15) is 11.9 Å². The van der Waals surface area contributed by atoms with Gasteiger partial charge in [-0.1, -0.05) is 13.8 Å². The summed E-state index contributed by atoms with van der Waals surface area (Å²) in [7, 11) is 1.84. The first kappa shape index (κ1) is 15.7. The van der Waals surface area contributed by atoms with E-state index in [0.717, 1.165) is 5.82 Å². The van der Waals surface area contributed by atoms with E-state index in [1.807, 2.05) is 25.5 Å². The maximum atomic E-state index is 12.4. The number of carbonyl (C=O) groups is 2. The second-order valence-electron chi connectivity index (χ2n) is 5.34. The number of nitrogens with one attached hydrogen (secondary N) is 1. The van der Waals surface area contributed by atoms with E-state index in [1.54, 1.807) is 12.4 Å². The van der Waals surface area contributed by atoms with Crippen LogP contribution < -0.4 is 5.32 Å². The fourth-order valence-electron chi connectivity index (χ4n) is 2.30. The Hall–Kier alpha value is -1.70. The number of carboxylic acid groups (broad SMARTS) is 1. The molecule has 2 unspecified atom stereocenters. The van der Waals surface area contributed by atoms with E-state index in [2.05, 4.69) is 10.3 Å². The number of urea groups is 1. The number of amides is 2. The number of thioether (sulfide) groups is 1. The van der Waals surface area contributed by atoms with Gasteiger partial charge in [0.15, 0.2) is 0 Å². The highest BCUT2D eigenvalue weighted by molar-refractivity contribution is 8.00. The summed E-state index contributed by atoms with van der Waals surface area (Å²) >= 11 is 1.51. The zero-order valence-corrected chi connectivity index (χ0v) is 13.1. The Morgan fingerprint density at radius 2 is 2.29 bits per heavy atom. The summed E-state index contributed by atoms with van der Waals surface area (Å²) in [6.07, 6.45) is 3.45. The number of carbonyl (C=O) groups excluding carboxylic acids is 1. The van der Waals surface area contributed by atoms with Gasteiger partial charge in [0.2, 0.25) is 0 Å². The summed E-state index contributed by atoms with van der Waals surface area (Å²) in [5.41, 5.74) is 0. The number of nitrogens with zero attached hydrogens (tertiary/aromatic N) is 3. The third kappa shape index (κ3) is 3.31. The normalized spacial score (nSPS) is 21.8. The first-order valence-electron chi connectivity index (χ1n) is 6.78. The van der Waals surface area contributed by atoms with Crippen LogP contribution in [0.15, 0.2) is 12.4 Å². The second kappa shape index (κ2) is 6.38. The lowest BCUT2D eigenvalue weighted by atomic mass is 10.2. The molecule has 2 N–H and O–H groups in total. The van der Waals surface area contributed by atoms with Gasteiger partial charge < -0.3 is 15.0 Å². The Kier molecular flexibility index (Phi) is 4.76. The van der Waals surface area contributed by atoms with E-state index in [4.69, 9.17) is 0 Å². The van der Waals surface area contributed by atoms with E-state index in [9.17, 15) is 14.7 Å². The summed E-state index contributed by atoms with van der Waals surface area (Å²) in [5.74, 6) is 0.382. The van der Waals surface area contributed by atoms with Crippen LogP contribution in [0.1, 0.15) is 19.7 Å². The SMILES string of the molecule is CC(C)C1SCC(C(=O)O)N1C(=O)NCc1nccn1C. The van der Waals surface area contributed by atoms with Gasteiger partial charge in [0.05, 0.1) is 11.9 Å². The van der Waals surface area contributed by atoms with E-state index in [-0.39, 0.29) is 23.9 Å². The summed E-state index contributed by atoms with van der Waals surface area (Å²) in [5, 5.41) is 11.9. The van der Waals surface area contributed by atoms with Gasteiger partial charge in [-0.05, 0) is 5.92 Å². The van der Waals surface area contributed by atoms with Gasteiger partial charge in [-0.15, -0.1) is 11.8 Å². The Bertz CT molecular complexity index is 531. The van der Waals surface area contributed by atoms with Crippen molar-refractivity contribution in [1.29, 1.82) is 0 Å². The molecule has 1 saturated heterocycles. The van der Waals surface area contributed by atoms with Crippen LogP contribution in [0, 0.1) is 5.92 Å². The lowest BCUT2D eigenvalue weighted by Gasteiger charge is -2.29. The number of aromatic nitrogens is 2. The molecule has 2 atom stereocenters. The van der Waals surface area contributed by atoms with Crippen LogP contribution in [0.5, 0.6) is 0 Å². The third-order valence-electron chi connectivity index (χ3n) is 3.44. The molecular weight excluding hydrogens is 292 g/mol. The molecule has 2 heterocycles. The molecule has 7 nitrogen and oxygen atoms in total. The van der Waals surface area contributed by atoms with Gasteiger partial charge in [-0.2, -0.15) is 0 Å². The highest BCUT2D eigenvalue weighted by atomic mass is 32.2. The second-order valence-corrected chi connectivity index (χ2v) is 6.49. The van der Waals surface area contributed by atoms with Crippen LogP contribution in [-0.2, 0) is 18.4 Å². The molecule has 8 heteroatoms. The number of aliphatic carboxylic acids is 1. The zero-order valence-electron chi connectivity index (χ0n) is 12.3. The van der Waals surface area contributed by atoms with Crippen molar-refractivity contribution in [1.82, 2.24) is 19.8 Å². The minimum Gasteiger partial charge on any atom is -0.480 e. The van der Waals surface area contributed by atoms with Crippen LogP contribution in [-0.4, -0.2) is 48.7 Å². The molecule has 0 aliphatic carbocycles. The minimum atomic E-state index is -0.960. The lowest BCUT2D eigenvalue weighted by Crippen LogP contribution is -2.51. The molecule has 0 radical (unpaired) electrons. The van der Waals surface area contributed by atoms with Crippen LogP contribution in [0.2, 0.25) is 0 Å². The number of aryl methyl sites for hydroxylation is 1. The largest absolute Gasteiger partial charge is 0.480 e. The molecule has 116 valence electrons. The number of imidazole rings is 1. The van der Waals surface area contributed by atoms with Gasteiger partial charge in [-0.25, -0.2) is 14.6 Å². The molecule has 0 bridgehead atoms. The molecule has 0 spiro atoms. The van der Waals surface area contributed by atoms with Crippen LogP contribution in [0.25, 0.3) is 0 Å². The predicted octanol–water partition coefficient (Wildman–Crippen LogP) is 1.11. The topological polar surface area (TPSA) is 87.5 Å². The molecule has 1 fully saturated rings. The van der Waals surface area contributed by atoms with Crippen molar-refractivity contribution in [2.24, 2.45) is 13.0 Å². The average molecular weight is 312 g/mol. The lowest BCUT2D eigenvalue weighted by molar-refractivity contribution is -0.141. The van der Waals surface area contributed by atoms with E-state index in [1.165, 1.54) is 16.7 Å². The molecule has 1 aromatic heterocycles. The molecule has 1 aliphatic rings. The average Bonchev–Trinajstić information content (AvgIpc) is 3.02. The standard InChI is InChI=1S/C13H20N4O3S/c1-8(2)11-17(9(7-21-11)12(18)19)13(20)15-6-10-14-4-5-16(10)3/h4-5,8-9,11H,6-7H2,1-3H3,(H,15,20)(H,18,19). The van der Waals surface area contributed by atoms with E-state index in [0.29, 0.717) is 5.75 Å². The summed E-state index contributed by atoms with van der Waals surface area (Å²) in [6, 6.07) is -1.13. The quantitative estimate of drug-likeness (QED) is 0.870. The summed E-state index contributed by atoms with van der Waals surface area (Å²) in [6.45, 7) is 4.25. The van der Waals surface area contributed by atoms with Crippen LogP contribution in [0.4, 0.5) is 4.79 Å². The smallest absolute Gasteiger partial charge is 0.327 e. The van der Waals surface area contributed by atoms with Crippen molar-refractivity contribution in [2.75, 3.05) is 5.75 Å². The summed E-state index contributed by atoms with van der Waals surface area (Å²) < 4.78 is 1.81. The highest BCUT2D eigenvalue weighted by Gasteiger charge is 2.42. The van der Waals surface area contributed by atoms with Crippen LogP contribution in [0.3, 0.4) is 0 Å². The zero-order chi connectivity index (χ0) is 15.6. The Balaban J connectivity index is 2.06. The maximum absolute atomic E-state index is 12.4. The fraction of sp³-hybridized carbons (Fsp3) is 0.615. The third-order valence-corrected chi connectivity index (χ3v) is 5.06. The van der Waals surface area contributed by atoms with Crippen molar-refractivity contribution in [2.45, 2.75) is 31.8 Å². The first-order chi connectivity index (χ1) is 9.91. The number of hydrogen-bond donors (Lipinski definition) is 2. The Morgan fingerprint density at radius 3 is 2.81 bits per heavy atom. The molecule has 2 amide bonds. The van der Waals surface area contributed by atoms with E-state index < -0.39 is 12.0 Å². The molecule has 21 heavy (non-hydrogen) atoms. The van der Waals surface area contributed by atoms with Gasteiger partial charge in [0.25, 0.3) is 0 Å². The Labute approximate surface area is 127 Å². The maximum Gasteiger partial charge on any atom is 0.327 e. The molecule has 1 aliphatic heterocycles. The molecule has 1 aromatic rings.